The predicted octanol–water partition coefficient (Wildman–Crippen LogP) is 2.92. The van der Waals surface area contributed by atoms with Crippen LogP contribution in [0, 0.1) is 6.92 Å². The maximum absolute atomic E-state index is 11.2. The van der Waals surface area contributed by atoms with Crippen molar-refractivity contribution < 1.29 is 14.3 Å². The molecular formula is C13H15N3O3S. The van der Waals surface area contributed by atoms with Crippen molar-refractivity contribution in [3.63, 3.8) is 0 Å². The molecular weight excluding hydrogens is 278 g/mol. The smallest absolute Gasteiger partial charge is 0.335 e. The average molecular weight is 293 g/mol. The number of carbonyl (C=O) groups is 1. The van der Waals surface area contributed by atoms with Crippen LogP contribution in [-0.2, 0) is 5.41 Å². The maximum atomic E-state index is 11.2. The number of aromatic carboxylic acids is 1. The lowest BCUT2D eigenvalue weighted by Crippen LogP contribution is -2.15. The quantitative estimate of drug-likeness (QED) is 0.930. The molecule has 2 rings (SSSR count). The molecule has 1 N–H and O–H groups in total. The van der Waals surface area contributed by atoms with Crippen LogP contribution in [0.15, 0.2) is 26.8 Å². The molecule has 0 unspecified atom stereocenters. The Morgan fingerprint density at radius 2 is 2.00 bits per heavy atom. The van der Waals surface area contributed by atoms with Crippen LogP contribution < -0.4 is 0 Å². The zero-order chi connectivity index (χ0) is 14.9. The third kappa shape index (κ3) is 3.36. The molecule has 0 bridgehead atoms. The summed E-state index contributed by atoms with van der Waals surface area (Å²) in [5, 5.41) is 17.6. The van der Waals surface area contributed by atoms with Gasteiger partial charge in [0, 0.05) is 18.0 Å². The summed E-state index contributed by atoms with van der Waals surface area (Å²) in [4.78, 5) is 15.7. The molecule has 2 aromatic heterocycles. The van der Waals surface area contributed by atoms with E-state index in [1.807, 2.05) is 20.8 Å². The number of carboxylic acid groups (broad SMARTS) is 1. The van der Waals surface area contributed by atoms with Crippen LogP contribution in [0.25, 0.3) is 0 Å². The first-order valence-corrected chi connectivity index (χ1v) is 6.81. The number of rotatable bonds is 3. The van der Waals surface area contributed by atoms with Crippen LogP contribution in [0.2, 0.25) is 0 Å². The second-order valence-corrected chi connectivity index (χ2v) is 6.30. The first-order chi connectivity index (χ1) is 9.25. The third-order valence-electron chi connectivity index (χ3n) is 2.52. The summed E-state index contributed by atoms with van der Waals surface area (Å²) in [7, 11) is 0. The third-order valence-corrected chi connectivity index (χ3v) is 3.27. The molecule has 0 radical (unpaired) electrons. The number of aryl methyl sites for hydroxylation is 1. The Morgan fingerprint density at radius 3 is 2.50 bits per heavy atom. The Kier molecular flexibility index (Phi) is 3.80. The van der Waals surface area contributed by atoms with Gasteiger partial charge >= 0.3 is 5.97 Å². The van der Waals surface area contributed by atoms with Gasteiger partial charge in [0.25, 0.3) is 5.22 Å². The number of carboxylic acids is 1. The molecule has 0 saturated carbocycles. The topological polar surface area (TPSA) is 89.1 Å². The molecule has 20 heavy (non-hydrogen) atoms. The van der Waals surface area contributed by atoms with Crippen LogP contribution in [0.1, 0.15) is 42.7 Å². The molecule has 2 aromatic rings. The van der Waals surface area contributed by atoms with E-state index < -0.39 is 5.97 Å². The molecule has 0 aliphatic heterocycles. The molecule has 0 aromatic carbocycles. The molecule has 6 nitrogen and oxygen atoms in total. The van der Waals surface area contributed by atoms with Gasteiger partial charge in [0.05, 0.1) is 5.56 Å². The summed E-state index contributed by atoms with van der Waals surface area (Å²) >= 11 is 1.16. The van der Waals surface area contributed by atoms with E-state index >= 15 is 0 Å². The minimum Gasteiger partial charge on any atom is -0.478 e. The van der Waals surface area contributed by atoms with Gasteiger partial charge in [0.15, 0.2) is 0 Å². The van der Waals surface area contributed by atoms with Crippen molar-refractivity contribution in [1.29, 1.82) is 0 Å². The van der Waals surface area contributed by atoms with Crippen LogP contribution in [0.3, 0.4) is 0 Å². The largest absolute Gasteiger partial charge is 0.478 e. The van der Waals surface area contributed by atoms with Crippen molar-refractivity contribution in [3.05, 3.63) is 29.3 Å². The maximum Gasteiger partial charge on any atom is 0.335 e. The lowest BCUT2D eigenvalue weighted by Gasteiger charge is -2.18. The van der Waals surface area contributed by atoms with Gasteiger partial charge in [-0.15, -0.1) is 10.2 Å². The lowest BCUT2D eigenvalue weighted by molar-refractivity contribution is 0.0696. The molecule has 0 amide bonds. The molecule has 106 valence electrons. The zero-order valence-corrected chi connectivity index (χ0v) is 12.5. The molecule has 0 atom stereocenters. The van der Waals surface area contributed by atoms with Crippen molar-refractivity contribution >= 4 is 17.7 Å². The first kappa shape index (κ1) is 14.5. The van der Waals surface area contributed by atoms with Gasteiger partial charge in [-0.25, -0.2) is 9.78 Å². The molecule has 0 fully saturated rings. The standard InChI is InChI=1S/C13H15N3O3S/c1-7-15-16-12(19-7)20-10-6-8(11(17)18)5-9(14-10)13(2,3)4/h5-6H,1-4H3,(H,17,18). The van der Waals surface area contributed by atoms with Crippen LogP contribution in [0.5, 0.6) is 0 Å². The fraction of sp³-hybridized carbons (Fsp3) is 0.385. The number of hydrogen-bond donors (Lipinski definition) is 1. The Bertz CT molecular complexity index is 647. The summed E-state index contributed by atoms with van der Waals surface area (Å²) < 4.78 is 5.27. The lowest BCUT2D eigenvalue weighted by atomic mass is 9.91. The van der Waals surface area contributed by atoms with Gasteiger partial charge in [0.2, 0.25) is 5.89 Å². The Labute approximate surface area is 120 Å². The average Bonchev–Trinajstić information content (AvgIpc) is 2.73. The normalized spacial score (nSPS) is 11.6. The molecule has 0 aliphatic rings. The van der Waals surface area contributed by atoms with E-state index in [1.165, 1.54) is 6.07 Å². The highest BCUT2D eigenvalue weighted by atomic mass is 32.2. The second kappa shape index (κ2) is 5.24. The van der Waals surface area contributed by atoms with E-state index in [-0.39, 0.29) is 11.0 Å². The first-order valence-electron chi connectivity index (χ1n) is 5.99. The molecule has 0 saturated heterocycles. The Balaban J connectivity index is 2.41. The highest BCUT2D eigenvalue weighted by Gasteiger charge is 2.20. The van der Waals surface area contributed by atoms with Gasteiger partial charge in [-0.1, -0.05) is 20.8 Å². The number of pyridine rings is 1. The summed E-state index contributed by atoms with van der Waals surface area (Å²) in [6, 6.07) is 3.09. The summed E-state index contributed by atoms with van der Waals surface area (Å²) in [5.74, 6) is -0.528. The van der Waals surface area contributed by atoms with Gasteiger partial charge in [-0.05, 0) is 23.9 Å². The molecule has 0 spiro atoms. The highest BCUT2D eigenvalue weighted by molar-refractivity contribution is 7.99. The fourth-order valence-corrected chi connectivity index (χ4v) is 2.23. The minimum atomic E-state index is -0.985. The van der Waals surface area contributed by atoms with E-state index in [0.29, 0.717) is 21.8 Å². The molecule has 0 aliphatic carbocycles. The number of hydrogen-bond acceptors (Lipinski definition) is 6. The summed E-state index contributed by atoms with van der Waals surface area (Å²) in [6.07, 6.45) is 0. The van der Waals surface area contributed by atoms with Crippen molar-refractivity contribution in [2.24, 2.45) is 0 Å². The minimum absolute atomic E-state index is 0.198. The highest BCUT2D eigenvalue weighted by Crippen LogP contribution is 2.29. The van der Waals surface area contributed by atoms with Crippen molar-refractivity contribution in [2.45, 2.75) is 43.4 Å². The molecule has 7 heteroatoms. The number of nitrogens with zero attached hydrogens (tertiary/aromatic N) is 3. The van der Waals surface area contributed by atoms with Crippen molar-refractivity contribution in [1.82, 2.24) is 15.2 Å². The van der Waals surface area contributed by atoms with E-state index in [0.717, 1.165) is 11.8 Å². The Morgan fingerprint density at radius 1 is 1.30 bits per heavy atom. The van der Waals surface area contributed by atoms with E-state index in [4.69, 9.17) is 4.42 Å². The van der Waals surface area contributed by atoms with Crippen LogP contribution in [-0.4, -0.2) is 26.3 Å². The van der Waals surface area contributed by atoms with Crippen LogP contribution in [0.4, 0.5) is 0 Å². The zero-order valence-electron chi connectivity index (χ0n) is 11.7. The monoisotopic (exact) mass is 293 g/mol. The summed E-state index contributed by atoms with van der Waals surface area (Å²) in [5.41, 5.74) is 0.658. The predicted molar refractivity (Wildman–Crippen MR) is 73.1 cm³/mol. The SMILES string of the molecule is Cc1nnc(Sc2cc(C(=O)O)cc(C(C)(C)C)n2)o1. The van der Waals surface area contributed by atoms with E-state index in [2.05, 4.69) is 15.2 Å². The van der Waals surface area contributed by atoms with Gasteiger partial charge in [0.1, 0.15) is 5.03 Å². The van der Waals surface area contributed by atoms with E-state index in [9.17, 15) is 9.90 Å². The van der Waals surface area contributed by atoms with Gasteiger partial charge in [-0.2, -0.15) is 0 Å². The van der Waals surface area contributed by atoms with Gasteiger partial charge < -0.3 is 9.52 Å². The summed E-state index contributed by atoms with van der Waals surface area (Å²) in [6.45, 7) is 7.63. The van der Waals surface area contributed by atoms with E-state index in [1.54, 1.807) is 13.0 Å². The second-order valence-electron chi connectivity index (χ2n) is 5.32. The fourth-order valence-electron chi connectivity index (χ4n) is 1.47. The van der Waals surface area contributed by atoms with Crippen LogP contribution >= 0.6 is 11.8 Å². The van der Waals surface area contributed by atoms with Crippen molar-refractivity contribution in [3.8, 4) is 0 Å². The number of aromatic nitrogens is 3. The van der Waals surface area contributed by atoms with Gasteiger partial charge in [-0.3, -0.25) is 0 Å². The van der Waals surface area contributed by atoms with Crippen molar-refractivity contribution in [2.75, 3.05) is 0 Å². The molecule has 2 heterocycles. The Hall–Kier alpha value is -1.89.